The minimum absolute atomic E-state index is 0.0258. The zero-order valence-electron chi connectivity index (χ0n) is 11.2. The van der Waals surface area contributed by atoms with E-state index in [1.54, 1.807) is 25.1 Å². The zero-order chi connectivity index (χ0) is 14.8. The fourth-order valence-corrected chi connectivity index (χ4v) is 2.70. The van der Waals surface area contributed by atoms with Crippen molar-refractivity contribution in [3.8, 4) is 5.75 Å². The van der Waals surface area contributed by atoms with Gasteiger partial charge in [0.25, 0.3) is 10.0 Å². The molecule has 8 heteroatoms. The maximum Gasteiger partial charge on any atom is 0.257 e. The largest absolute Gasteiger partial charge is 0.496 e. The van der Waals surface area contributed by atoms with E-state index in [4.69, 9.17) is 10.5 Å². The van der Waals surface area contributed by atoms with Crippen molar-refractivity contribution in [2.24, 2.45) is 0 Å². The lowest BCUT2D eigenvalue weighted by Crippen LogP contribution is -2.24. The fraction of sp³-hybridized carbons (Fsp3) is 0.250. The molecular formula is C12H16N4O3S. The summed E-state index contributed by atoms with van der Waals surface area (Å²) in [6.45, 7) is 1.76. The van der Waals surface area contributed by atoms with Crippen molar-refractivity contribution in [1.82, 2.24) is 14.7 Å². The van der Waals surface area contributed by atoms with Gasteiger partial charge in [0.15, 0.2) is 5.03 Å². The lowest BCUT2D eigenvalue weighted by atomic mass is 10.2. The first-order valence-electron chi connectivity index (χ1n) is 5.86. The number of ether oxygens (including phenoxy) is 1. The molecule has 0 aliphatic heterocycles. The SMILES string of the molecule is COc1ccc(N)cc1CNS(=O)(=O)c1cnc(C)[nH]1. The Morgan fingerprint density at radius 1 is 1.45 bits per heavy atom. The van der Waals surface area contributed by atoms with Gasteiger partial charge in [-0.1, -0.05) is 0 Å². The summed E-state index contributed by atoms with van der Waals surface area (Å²) in [5, 5.41) is 0.0258. The van der Waals surface area contributed by atoms with Gasteiger partial charge < -0.3 is 15.5 Å². The number of imidazole rings is 1. The number of sulfonamides is 1. The van der Waals surface area contributed by atoms with Gasteiger partial charge in [0.2, 0.25) is 0 Å². The van der Waals surface area contributed by atoms with Crippen LogP contribution in [0.25, 0.3) is 0 Å². The first-order valence-corrected chi connectivity index (χ1v) is 7.34. The summed E-state index contributed by atoms with van der Waals surface area (Å²) >= 11 is 0. The Morgan fingerprint density at radius 3 is 2.80 bits per heavy atom. The van der Waals surface area contributed by atoms with E-state index in [-0.39, 0.29) is 11.6 Å². The number of aromatic nitrogens is 2. The highest BCUT2D eigenvalue weighted by atomic mass is 32.2. The number of benzene rings is 1. The Balaban J connectivity index is 2.18. The average Bonchev–Trinajstić information content (AvgIpc) is 2.84. The zero-order valence-corrected chi connectivity index (χ0v) is 12.0. The minimum atomic E-state index is -3.64. The van der Waals surface area contributed by atoms with Crippen LogP contribution in [-0.4, -0.2) is 25.5 Å². The third-order valence-corrected chi connectivity index (χ3v) is 4.04. The van der Waals surface area contributed by atoms with Crippen molar-refractivity contribution in [1.29, 1.82) is 0 Å². The summed E-state index contributed by atoms with van der Waals surface area (Å²) in [5.41, 5.74) is 6.89. The number of hydrogen-bond acceptors (Lipinski definition) is 5. The molecule has 0 aliphatic carbocycles. The number of aromatic amines is 1. The summed E-state index contributed by atoms with van der Waals surface area (Å²) in [6, 6.07) is 5.05. The minimum Gasteiger partial charge on any atom is -0.496 e. The highest BCUT2D eigenvalue weighted by Crippen LogP contribution is 2.21. The van der Waals surface area contributed by atoms with Crippen LogP contribution in [0.4, 0.5) is 5.69 Å². The molecule has 0 fully saturated rings. The quantitative estimate of drug-likeness (QED) is 0.706. The van der Waals surface area contributed by atoms with Crippen LogP contribution in [0.3, 0.4) is 0 Å². The van der Waals surface area contributed by atoms with Crippen LogP contribution in [0, 0.1) is 6.92 Å². The number of aryl methyl sites for hydroxylation is 1. The van der Waals surface area contributed by atoms with Crippen molar-refractivity contribution in [2.75, 3.05) is 12.8 Å². The van der Waals surface area contributed by atoms with E-state index in [1.807, 2.05) is 0 Å². The molecule has 0 atom stereocenters. The van der Waals surface area contributed by atoms with Crippen molar-refractivity contribution in [3.05, 3.63) is 35.8 Å². The van der Waals surface area contributed by atoms with Crippen LogP contribution in [0.2, 0.25) is 0 Å². The van der Waals surface area contributed by atoms with E-state index < -0.39 is 10.0 Å². The molecule has 1 heterocycles. The topological polar surface area (TPSA) is 110 Å². The molecule has 20 heavy (non-hydrogen) atoms. The van der Waals surface area contributed by atoms with E-state index in [1.165, 1.54) is 13.3 Å². The van der Waals surface area contributed by atoms with Gasteiger partial charge in [0.05, 0.1) is 13.3 Å². The van der Waals surface area contributed by atoms with E-state index in [2.05, 4.69) is 14.7 Å². The molecule has 0 spiro atoms. The fourth-order valence-electron chi connectivity index (χ4n) is 1.72. The first kappa shape index (κ1) is 14.4. The highest BCUT2D eigenvalue weighted by Gasteiger charge is 2.17. The molecule has 2 aromatic rings. The van der Waals surface area contributed by atoms with Gasteiger partial charge in [0, 0.05) is 17.8 Å². The van der Waals surface area contributed by atoms with Gasteiger partial charge in [-0.3, -0.25) is 0 Å². The van der Waals surface area contributed by atoms with E-state index in [9.17, 15) is 8.42 Å². The third kappa shape index (κ3) is 3.09. The van der Waals surface area contributed by atoms with Crippen molar-refractivity contribution < 1.29 is 13.2 Å². The first-order chi connectivity index (χ1) is 9.42. The Labute approximate surface area is 117 Å². The van der Waals surface area contributed by atoms with Crippen LogP contribution in [0.5, 0.6) is 5.75 Å². The molecular weight excluding hydrogens is 280 g/mol. The lowest BCUT2D eigenvalue weighted by Gasteiger charge is -2.10. The van der Waals surface area contributed by atoms with Gasteiger partial charge in [-0.05, 0) is 25.1 Å². The second-order valence-electron chi connectivity index (χ2n) is 4.23. The van der Waals surface area contributed by atoms with Gasteiger partial charge in [-0.2, -0.15) is 0 Å². The van der Waals surface area contributed by atoms with E-state index >= 15 is 0 Å². The van der Waals surface area contributed by atoms with Crippen LogP contribution in [0.1, 0.15) is 11.4 Å². The van der Waals surface area contributed by atoms with Crippen LogP contribution < -0.4 is 15.2 Å². The normalized spacial score (nSPS) is 11.5. The highest BCUT2D eigenvalue weighted by molar-refractivity contribution is 7.89. The molecule has 108 valence electrons. The number of nitrogens with one attached hydrogen (secondary N) is 2. The van der Waals surface area contributed by atoms with Crippen LogP contribution in [-0.2, 0) is 16.6 Å². The predicted molar refractivity (Wildman–Crippen MR) is 74.8 cm³/mol. The van der Waals surface area contributed by atoms with Gasteiger partial charge >= 0.3 is 0 Å². The van der Waals surface area contributed by atoms with E-state index in [0.29, 0.717) is 22.8 Å². The summed E-state index contributed by atoms with van der Waals surface area (Å²) in [7, 11) is -2.12. The number of nitrogens with two attached hydrogens (primary N) is 1. The Hall–Kier alpha value is -2.06. The molecule has 4 N–H and O–H groups in total. The number of nitrogens with zero attached hydrogens (tertiary/aromatic N) is 1. The van der Waals surface area contributed by atoms with Gasteiger partial charge in [-0.15, -0.1) is 0 Å². The predicted octanol–water partition coefficient (Wildman–Crippen LogP) is 0.787. The summed E-state index contributed by atoms with van der Waals surface area (Å²) in [5.74, 6) is 1.11. The Morgan fingerprint density at radius 2 is 2.20 bits per heavy atom. The van der Waals surface area contributed by atoms with Crippen LogP contribution in [0.15, 0.2) is 29.4 Å². The summed E-state index contributed by atoms with van der Waals surface area (Å²) < 4.78 is 31.7. The maximum atomic E-state index is 12.0. The molecule has 1 aromatic heterocycles. The maximum absolute atomic E-state index is 12.0. The lowest BCUT2D eigenvalue weighted by molar-refractivity contribution is 0.409. The van der Waals surface area contributed by atoms with Crippen LogP contribution >= 0.6 is 0 Å². The molecule has 7 nitrogen and oxygen atoms in total. The molecule has 0 radical (unpaired) electrons. The molecule has 0 saturated carbocycles. The summed E-state index contributed by atoms with van der Waals surface area (Å²) in [6.07, 6.45) is 1.27. The molecule has 0 bridgehead atoms. The number of anilines is 1. The molecule has 0 saturated heterocycles. The molecule has 2 rings (SSSR count). The number of H-pyrrole nitrogens is 1. The molecule has 0 amide bonds. The molecule has 0 aliphatic rings. The molecule has 0 unspecified atom stereocenters. The smallest absolute Gasteiger partial charge is 0.257 e. The molecule has 1 aromatic carbocycles. The van der Waals surface area contributed by atoms with E-state index in [0.717, 1.165) is 0 Å². The number of nitrogen functional groups attached to an aromatic ring is 1. The monoisotopic (exact) mass is 296 g/mol. The number of methoxy groups -OCH3 is 1. The Bertz CT molecular complexity index is 709. The second-order valence-corrected chi connectivity index (χ2v) is 5.96. The van der Waals surface area contributed by atoms with Crippen molar-refractivity contribution in [2.45, 2.75) is 18.5 Å². The average molecular weight is 296 g/mol. The van der Waals surface area contributed by atoms with Gasteiger partial charge in [0.1, 0.15) is 11.6 Å². The number of hydrogen-bond donors (Lipinski definition) is 3. The second kappa shape index (κ2) is 5.51. The van der Waals surface area contributed by atoms with Gasteiger partial charge in [-0.25, -0.2) is 18.1 Å². The standard InChI is InChI=1S/C12H16N4O3S/c1-8-14-7-12(16-8)20(17,18)15-6-9-5-10(13)3-4-11(9)19-2/h3-5,7,15H,6,13H2,1-2H3,(H,14,16). The third-order valence-electron chi connectivity index (χ3n) is 2.73. The van der Waals surface area contributed by atoms with Crippen molar-refractivity contribution >= 4 is 15.7 Å². The van der Waals surface area contributed by atoms with Crippen molar-refractivity contribution in [3.63, 3.8) is 0 Å². The Kier molecular flexibility index (Phi) is 3.96. The summed E-state index contributed by atoms with van der Waals surface area (Å²) in [4.78, 5) is 6.54. The number of rotatable bonds is 5.